The van der Waals surface area contributed by atoms with Gasteiger partial charge in [-0.1, -0.05) is 12.1 Å². The van der Waals surface area contributed by atoms with Crippen molar-refractivity contribution in [1.82, 2.24) is 4.31 Å². The van der Waals surface area contributed by atoms with Crippen LogP contribution in [-0.2, 0) is 14.8 Å². The second-order valence-electron chi connectivity index (χ2n) is 4.83. The predicted molar refractivity (Wildman–Crippen MR) is 77.4 cm³/mol. The van der Waals surface area contributed by atoms with E-state index in [2.05, 4.69) is 0 Å². The van der Waals surface area contributed by atoms with Crippen molar-refractivity contribution in [2.24, 2.45) is 0 Å². The number of likely N-dealkylation sites (N-methyl/N-ethyl adjacent to an activating group) is 1. The van der Waals surface area contributed by atoms with Gasteiger partial charge >= 0.3 is 0 Å². The molecule has 0 N–H and O–H groups in total. The molecule has 0 aliphatic heterocycles. The van der Waals surface area contributed by atoms with Crippen LogP contribution in [0.5, 0.6) is 0 Å². The number of hydrogen-bond acceptors (Lipinski definition) is 4. The summed E-state index contributed by atoms with van der Waals surface area (Å²) in [4.78, 5) is 11.3. The normalized spacial score (nSPS) is 12.1. The molecule has 0 aliphatic carbocycles. The summed E-state index contributed by atoms with van der Waals surface area (Å²) in [6, 6.07) is 5.94. The van der Waals surface area contributed by atoms with Crippen LogP contribution in [0, 0.1) is 0 Å². The highest BCUT2D eigenvalue weighted by Gasteiger charge is 2.20. The van der Waals surface area contributed by atoms with Crippen molar-refractivity contribution in [2.45, 2.75) is 31.8 Å². The molecule has 0 spiro atoms. The maximum Gasteiger partial charge on any atom is 0.242 e. The summed E-state index contributed by atoms with van der Waals surface area (Å²) in [5.74, 6) is -0.0902. The summed E-state index contributed by atoms with van der Waals surface area (Å²) >= 11 is 0. The molecular weight excluding hydrogens is 278 g/mol. The highest BCUT2D eigenvalue weighted by molar-refractivity contribution is 7.89. The molecule has 0 aromatic heterocycles. The van der Waals surface area contributed by atoms with E-state index in [9.17, 15) is 13.2 Å². The van der Waals surface area contributed by atoms with Gasteiger partial charge in [0, 0.05) is 19.2 Å². The van der Waals surface area contributed by atoms with E-state index in [0.29, 0.717) is 12.2 Å². The minimum absolute atomic E-state index is 0.0703. The molecule has 0 saturated heterocycles. The molecule has 1 rings (SSSR count). The van der Waals surface area contributed by atoms with Gasteiger partial charge in [0.25, 0.3) is 0 Å². The van der Waals surface area contributed by atoms with Crippen molar-refractivity contribution in [3.05, 3.63) is 29.8 Å². The lowest BCUT2D eigenvalue weighted by atomic mass is 10.2. The maximum absolute atomic E-state index is 12.3. The van der Waals surface area contributed by atoms with E-state index in [0.717, 1.165) is 0 Å². The fourth-order valence-electron chi connectivity index (χ4n) is 1.58. The van der Waals surface area contributed by atoms with Gasteiger partial charge in [0.15, 0.2) is 5.78 Å². The van der Waals surface area contributed by atoms with Gasteiger partial charge in [0.2, 0.25) is 10.0 Å². The zero-order chi connectivity index (χ0) is 15.3. The zero-order valence-corrected chi connectivity index (χ0v) is 13.1. The number of nitrogens with zero attached hydrogens (tertiary/aromatic N) is 1. The first-order chi connectivity index (χ1) is 9.25. The SMILES string of the molecule is CC(=O)c1ccc(S(=O)(=O)N(C)CCOC(C)C)cc1. The molecule has 0 bridgehead atoms. The van der Waals surface area contributed by atoms with E-state index in [-0.39, 0.29) is 23.3 Å². The number of carbonyl (C=O) groups excluding carboxylic acids is 1. The summed E-state index contributed by atoms with van der Waals surface area (Å²) < 4.78 is 31.1. The molecule has 112 valence electrons. The fraction of sp³-hybridized carbons (Fsp3) is 0.500. The first-order valence-electron chi connectivity index (χ1n) is 6.44. The number of benzene rings is 1. The standard InChI is InChI=1S/C14H21NO4S/c1-11(2)19-10-9-15(4)20(17,18)14-7-5-13(6-8-14)12(3)16/h5-8,11H,9-10H2,1-4H3. The Morgan fingerprint density at radius 2 is 1.80 bits per heavy atom. The first-order valence-corrected chi connectivity index (χ1v) is 7.88. The Morgan fingerprint density at radius 3 is 2.25 bits per heavy atom. The average molecular weight is 299 g/mol. The third-order valence-electron chi connectivity index (χ3n) is 2.83. The second kappa shape index (κ2) is 6.97. The van der Waals surface area contributed by atoms with Gasteiger partial charge in [0.1, 0.15) is 0 Å². The lowest BCUT2D eigenvalue weighted by molar-refractivity contribution is 0.0737. The molecular formula is C14H21NO4S. The molecule has 6 heteroatoms. The number of Topliss-reactive ketones (excluding diaryl/α,β-unsaturated/α-hetero) is 1. The number of ether oxygens (including phenoxy) is 1. The molecule has 1 aromatic rings. The van der Waals surface area contributed by atoms with Crippen LogP contribution in [0.4, 0.5) is 0 Å². The van der Waals surface area contributed by atoms with Gasteiger partial charge in [-0.2, -0.15) is 4.31 Å². The molecule has 0 unspecified atom stereocenters. The Morgan fingerprint density at radius 1 is 1.25 bits per heavy atom. The number of sulfonamides is 1. The van der Waals surface area contributed by atoms with E-state index in [1.165, 1.54) is 42.5 Å². The third kappa shape index (κ3) is 4.40. The topological polar surface area (TPSA) is 63.7 Å². The third-order valence-corrected chi connectivity index (χ3v) is 4.70. The smallest absolute Gasteiger partial charge is 0.242 e. The predicted octanol–water partition coefficient (Wildman–Crippen LogP) is 1.93. The molecule has 0 atom stereocenters. The fourth-order valence-corrected chi connectivity index (χ4v) is 2.73. The first kappa shape index (κ1) is 16.8. The minimum Gasteiger partial charge on any atom is -0.377 e. The number of hydrogen-bond donors (Lipinski definition) is 0. The molecule has 1 aromatic carbocycles. The number of rotatable bonds is 7. The van der Waals surface area contributed by atoms with E-state index in [1.807, 2.05) is 13.8 Å². The maximum atomic E-state index is 12.3. The lowest BCUT2D eigenvalue weighted by Crippen LogP contribution is -2.30. The number of carbonyl (C=O) groups is 1. The molecule has 0 fully saturated rings. The van der Waals surface area contributed by atoms with Crippen molar-refractivity contribution in [2.75, 3.05) is 20.2 Å². The van der Waals surface area contributed by atoms with Gasteiger partial charge in [-0.05, 0) is 32.9 Å². The molecule has 20 heavy (non-hydrogen) atoms. The van der Waals surface area contributed by atoms with Crippen molar-refractivity contribution >= 4 is 15.8 Å². The van der Waals surface area contributed by atoms with Gasteiger partial charge in [-0.25, -0.2) is 8.42 Å². The molecule has 0 radical (unpaired) electrons. The Kier molecular flexibility index (Phi) is 5.86. The molecule has 0 amide bonds. The van der Waals surface area contributed by atoms with E-state index < -0.39 is 10.0 Å². The largest absolute Gasteiger partial charge is 0.377 e. The van der Waals surface area contributed by atoms with Crippen LogP contribution >= 0.6 is 0 Å². The number of ketones is 1. The van der Waals surface area contributed by atoms with Crippen LogP contribution in [0.25, 0.3) is 0 Å². The van der Waals surface area contributed by atoms with Crippen molar-refractivity contribution in [3.8, 4) is 0 Å². The Hall–Kier alpha value is -1.24. The summed E-state index contributed by atoms with van der Waals surface area (Å²) in [5, 5.41) is 0. The van der Waals surface area contributed by atoms with Crippen LogP contribution in [0.1, 0.15) is 31.1 Å². The molecule has 0 aliphatic rings. The summed E-state index contributed by atoms with van der Waals surface area (Å²) in [6.45, 7) is 5.87. The Balaban J connectivity index is 2.79. The Bertz CT molecular complexity index is 549. The summed E-state index contributed by atoms with van der Waals surface area (Å²) in [6.07, 6.45) is 0.0703. The monoisotopic (exact) mass is 299 g/mol. The van der Waals surface area contributed by atoms with Crippen molar-refractivity contribution in [3.63, 3.8) is 0 Å². The van der Waals surface area contributed by atoms with Gasteiger partial charge in [0.05, 0.1) is 17.6 Å². The molecule has 5 nitrogen and oxygen atoms in total. The highest BCUT2D eigenvalue weighted by Crippen LogP contribution is 2.15. The summed E-state index contributed by atoms with van der Waals surface area (Å²) in [5.41, 5.74) is 0.495. The average Bonchev–Trinajstić information content (AvgIpc) is 2.38. The van der Waals surface area contributed by atoms with Crippen molar-refractivity contribution < 1.29 is 17.9 Å². The van der Waals surface area contributed by atoms with Crippen LogP contribution in [-0.4, -0.2) is 44.8 Å². The van der Waals surface area contributed by atoms with E-state index >= 15 is 0 Å². The molecule has 0 heterocycles. The summed E-state index contributed by atoms with van der Waals surface area (Å²) in [7, 11) is -2.03. The van der Waals surface area contributed by atoms with Crippen LogP contribution in [0.3, 0.4) is 0 Å². The van der Waals surface area contributed by atoms with E-state index in [1.54, 1.807) is 0 Å². The quantitative estimate of drug-likeness (QED) is 0.722. The second-order valence-corrected chi connectivity index (χ2v) is 6.87. The van der Waals surface area contributed by atoms with Crippen LogP contribution < -0.4 is 0 Å². The Labute approximate surface area is 120 Å². The van der Waals surface area contributed by atoms with E-state index in [4.69, 9.17) is 4.74 Å². The van der Waals surface area contributed by atoms with Gasteiger partial charge in [-0.15, -0.1) is 0 Å². The van der Waals surface area contributed by atoms with Crippen LogP contribution in [0.15, 0.2) is 29.2 Å². The van der Waals surface area contributed by atoms with Crippen molar-refractivity contribution in [1.29, 1.82) is 0 Å². The molecule has 0 saturated carbocycles. The van der Waals surface area contributed by atoms with Gasteiger partial charge < -0.3 is 4.74 Å². The lowest BCUT2D eigenvalue weighted by Gasteiger charge is -2.18. The highest BCUT2D eigenvalue weighted by atomic mass is 32.2. The van der Waals surface area contributed by atoms with Gasteiger partial charge in [-0.3, -0.25) is 4.79 Å². The zero-order valence-electron chi connectivity index (χ0n) is 12.3. The van der Waals surface area contributed by atoms with Crippen LogP contribution in [0.2, 0.25) is 0 Å². The minimum atomic E-state index is -3.54.